The normalized spacial score (nSPS) is 23.5. The molecule has 0 aromatic carbocycles. The molecule has 0 radical (unpaired) electrons. The Labute approximate surface area is 134 Å². The van der Waals surface area contributed by atoms with E-state index in [1.807, 2.05) is 13.8 Å². The first-order valence-electron chi connectivity index (χ1n) is 8.66. The van der Waals surface area contributed by atoms with E-state index in [1.54, 1.807) is 6.21 Å². The Balaban J connectivity index is 1.70. The Hall–Kier alpha value is -1.16. The number of hydrogen-bond donors (Lipinski definition) is 2. The minimum Gasteiger partial charge on any atom is -0.511 e. The van der Waals surface area contributed by atoms with Gasteiger partial charge >= 0.3 is 0 Å². The summed E-state index contributed by atoms with van der Waals surface area (Å²) in [5, 5.41) is 13.6. The minimum absolute atomic E-state index is 0.0119. The molecule has 0 aliphatic heterocycles. The molecular weight excluding hydrogens is 276 g/mol. The van der Waals surface area contributed by atoms with Crippen molar-refractivity contribution in [3.8, 4) is 0 Å². The molecule has 1 saturated carbocycles. The van der Waals surface area contributed by atoms with Crippen LogP contribution in [0.3, 0.4) is 0 Å². The molecule has 2 aliphatic carbocycles. The van der Waals surface area contributed by atoms with Crippen LogP contribution in [0.1, 0.15) is 65.2 Å². The van der Waals surface area contributed by atoms with Gasteiger partial charge in [0, 0.05) is 31.6 Å². The highest BCUT2D eigenvalue weighted by atomic mass is 16.3. The third-order valence-electron chi connectivity index (χ3n) is 4.62. The van der Waals surface area contributed by atoms with Gasteiger partial charge in [0.05, 0.1) is 5.57 Å². The highest BCUT2D eigenvalue weighted by molar-refractivity contribution is 6.14. The molecule has 124 valence electrons. The summed E-state index contributed by atoms with van der Waals surface area (Å²) in [7, 11) is 0. The summed E-state index contributed by atoms with van der Waals surface area (Å²) in [4.78, 5) is 16.3. The summed E-state index contributed by atoms with van der Waals surface area (Å²) in [6.45, 7) is 5.69. The van der Waals surface area contributed by atoms with Gasteiger partial charge in [0.2, 0.25) is 0 Å². The minimum atomic E-state index is -0.136. The van der Waals surface area contributed by atoms with Crippen LogP contribution >= 0.6 is 0 Å². The van der Waals surface area contributed by atoms with Crippen molar-refractivity contribution in [2.24, 2.45) is 10.4 Å². The van der Waals surface area contributed by atoms with Gasteiger partial charge in [-0.15, -0.1) is 0 Å². The van der Waals surface area contributed by atoms with Crippen LogP contribution in [0.2, 0.25) is 0 Å². The molecule has 0 atom stereocenters. The number of Topliss-reactive ketones (excluding diaryl/α,β-unsaturated/α-hetero) is 1. The molecule has 22 heavy (non-hydrogen) atoms. The van der Waals surface area contributed by atoms with Gasteiger partial charge in [-0.25, -0.2) is 0 Å². The molecule has 1 fully saturated rings. The topological polar surface area (TPSA) is 61.7 Å². The van der Waals surface area contributed by atoms with Crippen LogP contribution in [0.15, 0.2) is 16.3 Å². The van der Waals surface area contributed by atoms with E-state index in [4.69, 9.17) is 0 Å². The number of aliphatic hydroxyl groups is 1. The molecule has 0 bridgehead atoms. The van der Waals surface area contributed by atoms with E-state index >= 15 is 0 Å². The highest BCUT2D eigenvalue weighted by Crippen LogP contribution is 2.35. The number of ketones is 1. The summed E-state index contributed by atoms with van der Waals surface area (Å²) in [6, 6.07) is 0.687. The fraction of sp³-hybridized carbons (Fsp3) is 0.778. The number of allylic oxidation sites excluding steroid dienone is 2. The zero-order chi connectivity index (χ0) is 16.0. The van der Waals surface area contributed by atoms with Crippen LogP contribution in [0.4, 0.5) is 0 Å². The van der Waals surface area contributed by atoms with Crippen molar-refractivity contribution in [3.63, 3.8) is 0 Å². The molecule has 0 amide bonds. The summed E-state index contributed by atoms with van der Waals surface area (Å²) in [5.41, 5.74) is 0.280. The molecule has 0 heterocycles. The number of rotatable bonds is 6. The third kappa shape index (κ3) is 5.24. The number of aliphatic hydroxyl groups excluding tert-OH is 1. The van der Waals surface area contributed by atoms with Crippen LogP contribution < -0.4 is 5.32 Å². The maximum atomic E-state index is 12.0. The second kappa shape index (κ2) is 7.91. The van der Waals surface area contributed by atoms with Crippen molar-refractivity contribution in [1.82, 2.24) is 5.32 Å². The van der Waals surface area contributed by atoms with Gasteiger partial charge in [-0.2, -0.15) is 0 Å². The molecule has 4 heteroatoms. The number of hydrogen-bond acceptors (Lipinski definition) is 4. The lowest BCUT2D eigenvalue weighted by molar-refractivity contribution is -0.117. The number of nitrogens with zero attached hydrogens (tertiary/aromatic N) is 1. The largest absolute Gasteiger partial charge is 0.511 e. The lowest BCUT2D eigenvalue weighted by Crippen LogP contribution is -2.32. The standard InChI is InChI=1S/C18H30N2O2/c1-18(2)11-16(21)15(17(22)12-18)13-19-9-6-10-20-14-7-4-3-5-8-14/h13-14,20-21H,3-12H2,1-2H3. The summed E-state index contributed by atoms with van der Waals surface area (Å²) >= 11 is 0. The molecule has 0 aromatic heterocycles. The maximum absolute atomic E-state index is 12.0. The van der Waals surface area contributed by atoms with Crippen LogP contribution in [-0.2, 0) is 4.79 Å². The van der Waals surface area contributed by atoms with Crippen molar-refractivity contribution >= 4 is 12.0 Å². The van der Waals surface area contributed by atoms with Crippen molar-refractivity contribution in [2.45, 2.75) is 71.3 Å². The average Bonchev–Trinajstić information content (AvgIpc) is 2.45. The Morgan fingerprint density at radius 3 is 2.68 bits per heavy atom. The van der Waals surface area contributed by atoms with Crippen molar-refractivity contribution in [1.29, 1.82) is 0 Å². The summed E-state index contributed by atoms with van der Waals surface area (Å²) < 4.78 is 0. The molecule has 2 aliphatic rings. The number of carbonyl (C=O) groups is 1. The molecule has 0 saturated heterocycles. The van der Waals surface area contributed by atoms with Crippen molar-refractivity contribution < 1.29 is 9.90 Å². The smallest absolute Gasteiger partial charge is 0.168 e. The first kappa shape index (κ1) is 17.2. The van der Waals surface area contributed by atoms with Gasteiger partial charge in [0.15, 0.2) is 5.78 Å². The molecule has 4 nitrogen and oxygen atoms in total. The monoisotopic (exact) mass is 306 g/mol. The number of nitrogens with one attached hydrogen (secondary N) is 1. The predicted octanol–water partition coefficient (Wildman–Crippen LogP) is 3.57. The van der Waals surface area contributed by atoms with E-state index in [9.17, 15) is 9.90 Å². The molecule has 2 rings (SSSR count). The SMILES string of the molecule is CC1(C)CC(=O)C(C=NCCCNC2CCCCC2)=C(O)C1. The fourth-order valence-corrected chi connectivity index (χ4v) is 3.39. The molecular formula is C18H30N2O2. The van der Waals surface area contributed by atoms with Crippen LogP contribution in [-0.4, -0.2) is 36.2 Å². The summed E-state index contributed by atoms with van der Waals surface area (Å²) in [6.07, 6.45) is 10.3. The molecule has 2 N–H and O–H groups in total. The summed E-state index contributed by atoms with van der Waals surface area (Å²) in [5.74, 6) is 0.211. The lowest BCUT2D eigenvalue weighted by atomic mass is 9.77. The average molecular weight is 306 g/mol. The van der Waals surface area contributed by atoms with Crippen molar-refractivity contribution in [2.75, 3.05) is 13.1 Å². The van der Waals surface area contributed by atoms with Gasteiger partial charge in [0.1, 0.15) is 5.76 Å². The zero-order valence-corrected chi connectivity index (χ0v) is 14.0. The zero-order valence-electron chi connectivity index (χ0n) is 14.0. The van der Waals surface area contributed by atoms with Crippen molar-refractivity contribution in [3.05, 3.63) is 11.3 Å². The Bertz CT molecular complexity index is 446. The third-order valence-corrected chi connectivity index (χ3v) is 4.62. The molecule has 0 spiro atoms. The van der Waals surface area contributed by atoms with E-state index in [2.05, 4.69) is 10.3 Å². The first-order valence-corrected chi connectivity index (χ1v) is 8.66. The number of aliphatic imine (C=N–C) groups is 1. The highest BCUT2D eigenvalue weighted by Gasteiger charge is 2.32. The van der Waals surface area contributed by atoms with E-state index in [-0.39, 0.29) is 17.0 Å². The van der Waals surface area contributed by atoms with E-state index in [0.717, 1.165) is 13.0 Å². The van der Waals surface area contributed by atoms with Gasteiger partial charge < -0.3 is 10.4 Å². The van der Waals surface area contributed by atoms with Crippen LogP contribution in [0.5, 0.6) is 0 Å². The molecule has 0 aromatic rings. The fourth-order valence-electron chi connectivity index (χ4n) is 3.39. The Kier molecular flexibility index (Phi) is 6.18. The second-order valence-electron chi connectivity index (χ2n) is 7.48. The van der Waals surface area contributed by atoms with Gasteiger partial charge in [-0.3, -0.25) is 9.79 Å². The van der Waals surface area contributed by atoms with Crippen LogP contribution in [0.25, 0.3) is 0 Å². The quantitative estimate of drug-likeness (QED) is 0.582. The predicted molar refractivity (Wildman–Crippen MR) is 90.5 cm³/mol. The van der Waals surface area contributed by atoms with E-state index in [1.165, 1.54) is 32.1 Å². The maximum Gasteiger partial charge on any atom is 0.168 e. The van der Waals surface area contributed by atoms with Gasteiger partial charge in [0.25, 0.3) is 0 Å². The van der Waals surface area contributed by atoms with Gasteiger partial charge in [-0.1, -0.05) is 33.1 Å². The Morgan fingerprint density at radius 1 is 1.27 bits per heavy atom. The van der Waals surface area contributed by atoms with E-state index in [0.29, 0.717) is 31.0 Å². The lowest BCUT2D eigenvalue weighted by Gasteiger charge is -2.28. The first-order chi connectivity index (χ1) is 10.5. The van der Waals surface area contributed by atoms with Crippen LogP contribution in [0, 0.1) is 5.41 Å². The second-order valence-corrected chi connectivity index (χ2v) is 7.48. The molecule has 0 unspecified atom stereocenters. The number of carbonyl (C=O) groups excluding carboxylic acids is 1. The van der Waals surface area contributed by atoms with Gasteiger partial charge in [-0.05, 0) is 31.2 Å². The Morgan fingerprint density at radius 2 is 2.00 bits per heavy atom. The van der Waals surface area contributed by atoms with E-state index < -0.39 is 0 Å².